The van der Waals surface area contributed by atoms with Gasteiger partial charge in [0, 0.05) is 11.8 Å². The highest BCUT2D eigenvalue weighted by Crippen LogP contribution is 2.32. The molecule has 24 heavy (non-hydrogen) atoms. The third kappa shape index (κ3) is 5.02. The Hall–Kier alpha value is -1.45. The molecule has 0 aliphatic heterocycles. The summed E-state index contributed by atoms with van der Waals surface area (Å²) in [6.45, 7) is 3.91. The number of aromatic nitrogens is 2. The van der Waals surface area contributed by atoms with Crippen molar-refractivity contribution in [2.75, 3.05) is 25.3 Å². The van der Waals surface area contributed by atoms with Gasteiger partial charge in [-0.2, -0.15) is 0 Å². The number of carbonyl (C=O) groups excluding carboxylic acids is 1. The van der Waals surface area contributed by atoms with Gasteiger partial charge in [-0.3, -0.25) is 4.79 Å². The lowest BCUT2D eigenvalue weighted by Gasteiger charge is -2.13. The molecule has 0 aliphatic carbocycles. The van der Waals surface area contributed by atoms with Gasteiger partial charge in [0.2, 0.25) is 5.91 Å². The highest BCUT2D eigenvalue weighted by Gasteiger charge is 2.18. The van der Waals surface area contributed by atoms with E-state index in [1.165, 1.54) is 23.1 Å². The summed E-state index contributed by atoms with van der Waals surface area (Å²) in [5.41, 5.74) is 0.657. The number of rotatable bonds is 8. The zero-order valence-corrected chi connectivity index (χ0v) is 16.3. The maximum Gasteiger partial charge on any atom is 0.237 e. The van der Waals surface area contributed by atoms with E-state index in [0.29, 0.717) is 17.2 Å². The van der Waals surface area contributed by atoms with E-state index >= 15 is 0 Å². The summed E-state index contributed by atoms with van der Waals surface area (Å²) >= 11 is 4.55. The Labute approximate surface area is 153 Å². The first kappa shape index (κ1) is 18.9. The van der Waals surface area contributed by atoms with Crippen molar-refractivity contribution in [3.05, 3.63) is 18.2 Å². The van der Waals surface area contributed by atoms with Gasteiger partial charge in [0.1, 0.15) is 0 Å². The van der Waals surface area contributed by atoms with Crippen molar-refractivity contribution >= 4 is 46.5 Å². The van der Waals surface area contributed by atoms with E-state index < -0.39 is 0 Å². The molecule has 1 N–H and O–H groups in total. The number of ether oxygens (including phenoxy) is 2. The van der Waals surface area contributed by atoms with Crippen LogP contribution in [0.4, 0.5) is 5.69 Å². The first-order chi connectivity index (χ1) is 11.6. The standard InChI is InChI=1S/C15H19N3O3S3/c1-5-22-14-17-18-15(24-14)23-9(2)13(19)16-10-6-7-11(20-3)12(8-10)21-4/h6-9H,5H2,1-4H3,(H,16,19)/t9-/m0/s1. The predicted molar refractivity (Wildman–Crippen MR) is 99.8 cm³/mol. The van der Waals surface area contributed by atoms with Crippen LogP contribution in [0.25, 0.3) is 0 Å². The van der Waals surface area contributed by atoms with Gasteiger partial charge in [0.15, 0.2) is 20.2 Å². The Kier molecular flexibility index (Phi) is 7.19. The van der Waals surface area contributed by atoms with Gasteiger partial charge >= 0.3 is 0 Å². The highest BCUT2D eigenvalue weighted by atomic mass is 32.2. The average Bonchev–Trinajstić information content (AvgIpc) is 3.02. The smallest absolute Gasteiger partial charge is 0.237 e. The molecule has 0 bridgehead atoms. The van der Waals surface area contributed by atoms with E-state index in [9.17, 15) is 4.79 Å². The largest absolute Gasteiger partial charge is 0.493 e. The molecule has 1 aromatic heterocycles. The molecule has 1 atom stereocenters. The minimum atomic E-state index is -0.287. The molecule has 9 heteroatoms. The summed E-state index contributed by atoms with van der Waals surface area (Å²) in [6.07, 6.45) is 0. The van der Waals surface area contributed by atoms with E-state index in [4.69, 9.17) is 9.47 Å². The number of hydrogen-bond donors (Lipinski definition) is 1. The fourth-order valence-corrected chi connectivity index (χ4v) is 4.85. The van der Waals surface area contributed by atoms with E-state index in [2.05, 4.69) is 22.4 Å². The zero-order valence-electron chi connectivity index (χ0n) is 13.9. The second-order valence-corrected chi connectivity index (χ2v) is 8.66. The Bertz CT molecular complexity index is 694. The summed E-state index contributed by atoms with van der Waals surface area (Å²) in [5, 5.41) is 10.8. The molecule has 0 fully saturated rings. The lowest BCUT2D eigenvalue weighted by atomic mass is 10.2. The Morgan fingerprint density at radius 2 is 1.96 bits per heavy atom. The van der Waals surface area contributed by atoms with Gasteiger partial charge in [-0.15, -0.1) is 10.2 Å². The topological polar surface area (TPSA) is 73.3 Å². The maximum atomic E-state index is 12.4. The molecule has 2 aromatic rings. The number of thioether (sulfide) groups is 2. The Morgan fingerprint density at radius 3 is 2.62 bits per heavy atom. The van der Waals surface area contributed by atoms with Crippen LogP contribution in [0.1, 0.15) is 13.8 Å². The molecular weight excluding hydrogens is 366 g/mol. The first-order valence-electron chi connectivity index (χ1n) is 7.23. The van der Waals surface area contributed by atoms with Gasteiger partial charge in [0.05, 0.1) is 19.5 Å². The number of amides is 1. The quantitative estimate of drug-likeness (QED) is 0.693. The Balaban J connectivity index is 1.97. The lowest BCUT2D eigenvalue weighted by molar-refractivity contribution is -0.115. The van der Waals surface area contributed by atoms with Crippen LogP contribution in [0.2, 0.25) is 0 Å². The second kappa shape index (κ2) is 9.14. The number of hydrogen-bond acceptors (Lipinski definition) is 8. The lowest BCUT2D eigenvalue weighted by Crippen LogP contribution is -2.22. The fraction of sp³-hybridized carbons (Fsp3) is 0.400. The molecule has 0 saturated heterocycles. The SMILES string of the molecule is CCSc1nnc(S[C@@H](C)C(=O)Nc2ccc(OC)c(OC)c2)s1. The van der Waals surface area contributed by atoms with Crippen LogP contribution < -0.4 is 14.8 Å². The van der Waals surface area contributed by atoms with E-state index in [1.807, 2.05) is 6.92 Å². The number of nitrogens with zero attached hydrogens (tertiary/aromatic N) is 2. The number of benzene rings is 1. The molecule has 2 rings (SSSR count). The predicted octanol–water partition coefficient (Wildman–Crippen LogP) is 3.79. The first-order valence-corrected chi connectivity index (χ1v) is 9.91. The zero-order chi connectivity index (χ0) is 17.5. The van der Waals surface area contributed by atoms with Crippen molar-refractivity contribution in [1.29, 1.82) is 0 Å². The minimum absolute atomic E-state index is 0.105. The molecule has 0 unspecified atom stereocenters. The molecule has 6 nitrogen and oxygen atoms in total. The molecule has 0 aliphatic rings. The number of methoxy groups -OCH3 is 2. The van der Waals surface area contributed by atoms with Gasteiger partial charge in [-0.25, -0.2) is 0 Å². The van der Waals surface area contributed by atoms with Crippen molar-refractivity contribution in [3.63, 3.8) is 0 Å². The fourth-order valence-electron chi connectivity index (χ4n) is 1.79. The van der Waals surface area contributed by atoms with E-state index in [-0.39, 0.29) is 11.2 Å². The van der Waals surface area contributed by atoms with Crippen molar-refractivity contribution in [2.45, 2.75) is 27.8 Å². The van der Waals surface area contributed by atoms with Crippen LogP contribution in [0, 0.1) is 0 Å². The summed E-state index contributed by atoms with van der Waals surface area (Å²) in [4.78, 5) is 12.4. The van der Waals surface area contributed by atoms with Gasteiger partial charge in [-0.05, 0) is 24.8 Å². The number of carbonyl (C=O) groups is 1. The maximum absolute atomic E-state index is 12.4. The molecule has 1 aromatic carbocycles. The average molecular weight is 386 g/mol. The molecule has 1 heterocycles. The number of anilines is 1. The van der Waals surface area contributed by atoms with Crippen LogP contribution >= 0.6 is 34.9 Å². The summed E-state index contributed by atoms with van der Waals surface area (Å²) < 4.78 is 12.1. The van der Waals surface area contributed by atoms with E-state index in [1.54, 1.807) is 44.2 Å². The summed E-state index contributed by atoms with van der Waals surface area (Å²) in [5.74, 6) is 2.04. The van der Waals surface area contributed by atoms with Crippen molar-refractivity contribution in [3.8, 4) is 11.5 Å². The van der Waals surface area contributed by atoms with Crippen LogP contribution in [-0.4, -0.2) is 41.3 Å². The van der Waals surface area contributed by atoms with Gasteiger partial charge in [-0.1, -0.05) is 41.8 Å². The minimum Gasteiger partial charge on any atom is -0.493 e. The monoisotopic (exact) mass is 385 g/mol. The van der Waals surface area contributed by atoms with Crippen LogP contribution in [0.5, 0.6) is 11.5 Å². The van der Waals surface area contributed by atoms with Crippen molar-refractivity contribution in [1.82, 2.24) is 10.2 Å². The molecule has 0 radical (unpaired) electrons. The van der Waals surface area contributed by atoms with E-state index in [0.717, 1.165) is 14.4 Å². The van der Waals surface area contributed by atoms with Crippen molar-refractivity contribution in [2.24, 2.45) is 0 Å². The van der Waals surface area contributed by atoms with Gasteiger partial charge in [0.25, 0.3) is 0 Å². The van der Waals surface area contributed by atoms with Crippen LogP contribution in [0.15, 0.2) is 26.9 Å². The molecule has 1 amide bonds. The number of nitrogens with one attached hydrogen (secondary N) is 1. The summed E-state index contributed by atoms with van der Waals surface area (Å²) in [6, 6.07) is 5.26. The third-order valence-corrected chi connectivity index (χ3v) is 6.08. The molecular formula is C15H19N3O3S3. The van der Waals surface area contributed by atoms with Crippen LogP contribution in [-0.2, 0) is 4.79 Å². The molecule has 0 saturated carbocycles. The van der Waals surface area contributed by atoms with Gasteiger partial charge < -0.3 is 14.8 Å². The summed E-state index contributed by atoms with van der Waals surface area (Å²) in [7, 11) is 3.13. The van der Waals surface area contributed by atoms with Crippen LogP contribution in [0.3, 0.4) is 0 Å². The normalized spacial score (nSPS) is 11.8. The second-order valence-electron chi connectivity index (χ2n) is 4.59. The molecule has 130 valence electrons. The Morgan fingerprint density at radius 1 is 1.25 bits per heavy atom. The van der Waals surface area contributed by atoms with Crippen molar-refractivity contribution < 1.29 is 14.3 Å². The molecule has 0 spiro atoms. The third-order valence-electron chi connectivity index (χ3n) is 2.95. The highest BCUT2D eigenvalue weighted by molar-refractivity contribution is 8.03.